The van der Waals surface area contributed by atoms with E-state index in [1.54, 1.807) is 6.92 Å². The number of carbonyl (C=O) groups excluding carboxylic acids is 1. The van der Waals surface area contributed by atoms with Crippen molar-refractivity contribution in [3.05, 3.63) is 34.6 Å². The number of hydrogen-bond acceptors (Lipinski definition) is 4. The highest BCUT2D eigenvalue weighted by Gasteiger charge is 2.31. The first-order valence-electron chi connectivity index (χ1n) is 6.22. The molecule has 0 fully saturated rings. The molecule has 0 aliphatic carbocycles. The summed E-state index contributed by atoms with van der Waals surface area (Å²) < 4.78 is 39.7. The van der Waals surface area contributed by atoms with Gasteiger partial charge in [0.25, 0.3) is 0 Å². The van der Waals surface area contributed by atoms with Crippen LogP contribution in [0.5, 0.6) is 0 Å². The molecular formula is C13H14F3N3OS. The van der Waals surface area contributed by atoms with Crippen LogP contribution >= 0.6 is 11.8 Å². The number of halogens is 3. The van der Waals surface area contributed by atoms with Crippen LogP contribution in [0.1, 0.15) is 18.1 Å². The summed E-state index contributed by atoms with van der Waals surface area (Å²) in [6.45, 7) is 2.98. The molecule has 2 unspecified atom stereocenters. The third-order valence-corrected chi connectivity index (χ3v) is 4.45. The van der Waals surface area contributed by atoms with E-state index in [0.717, 1.165) is 17.8 Å². The number of amides is 1. The van der Waals surface area contributed by atoms with Gasteiger partial charge in [-0.3, -0.25) is 9.79 Å². The first-order valence-corrected chi connectivity index (χ1v) is 7.09. The molecule has 0 bridgehead atoms. The normalized spacial score (nSPS) is 21.3. The predicted octanol–water partition coefficient (Wildman–Crippen LogP) is 1.85. The predicted molar refractivity (Wildman–Crippen MR) is 75.4 cm³/mol. The Kier molecular flexibility index (Phi) is 4.46. The number of benzene rings is 1. The first-order chi connectivity index (χ1) is 9.81. The minimum Gasteiger partial charge on any atom is -0.379 e. The fraction of sp³-hybridized carbons (Fsp3) is 0.385. The van der Waals surface area contributed by atoms with Gasteiger partial charge < -0.3 is 11.1 Å². The maximum absolute atomic E-state index is 13.4. The van der Waals surface area contributed by atoms with Gasteiger partial charge in [0.1, 0.15) is 5.25 Å². The lowest BCUT2D eigenvalue weighted by Crippen LogP contribution is -2.36. The summed E-state index contributed by atoms with van der Waals surface area (Å²) in [7, 11) is 0. The Bertz CT molecular complexity index is 621. The molecule has 2 atom stereocenters. The molecule has 1 aliphatic rings. The van der Waals surface area contributed by atoms with E-state index >= 15 is 0 Å². The number of amidine groups is 1. The lowest BCUT2D eigenvalue weighted by atomic mass is 10.1. The van der Waals surface area contributed by atoms with Gasteiger partial charge in [-0.2, -0.15) is 0 Å². The van der Waals surface area contributed by atoms with Gasteiger partial charge in [0.15, 0.2) is 22.6 Å². The minimum atomic E-state index is -1.51. The average Bonchev–Trinajstić information content (AvgIpc) is 2.77. The molecular weight excluding hydrogens is 303 g/mol. The van der Waals surface area contributed by atoms with E-state index in [-0.39, 0.29) is 29.6 Å². The Morgan fingerprint density at radius 3 is 2.67 bits per heavy atom. The Morgan fingerprint density at radius 2 is 2.10 bits per heavy atom. The van der Waals surface area contributed by atoms with Crippen molar-refractivity contribution in [1.29, 1.82) is 0 Å². The van der Waals surface area contributed by atoms with Crippen molar-refractivity contribution in [2.45, 2.75) is 31.7 Å². The standard InChI is InChI=1S/C13H14F3N3OS/c1-5-7(3-8(14)10(16)9(5)15)4-18-12(20)11-6(2)19-13(17)21-11/h3,6,11H,4H2,1-2H3,(H2,17,19)(H,18,20). The van der Waals surface area contributed by atoms with E-state index in [0.29, 0.717) is 5.17 Å². The third kappa shape index (κ3) is 3.15. The van der Waals surface area contributed by atoms with Crippen molar-refractivity contribution in [2.24, 2.45) is 10.7 Å². The molecule has 1 aliphatic heterocycles. The molecule has 4 nitrogen and oxygen atoms in total. The third-order valence-electron chi connectivity index (χ3n) is 3.24. The summed E-state index contributed by atoms with van der Waals surface area (Å²) in [6.07, 6.45) is 0. The minimum absolute atomic E-state index is 0.0305. The van der Waals surface area contributed by atoms with E-state index in [1.807, 2.05) is 0 Å². The van der Waals surface area contributed by atoms with Crippen LogP contribution in [0.3, 0.4) is 0 Å². The molecule has 0 saturated heterocycles. The molecule has 0 radical (unpaired) electrons. The van der Waals surface area contributed by atoms with E-state index in [4.69, 9.17) is 5.73 Å². The van der Waals surface area contributed by atoms with Gasteiger partial charge in [-0.05, 0) is 31.0 Å². The molecule has 21 heavy (non-hydrogen) atoms. The van der Waals surface area contributed by atoms with Crippen LogP contribution in [0.15, 0.2) is 11.1 Å². The number of nitrogens with one attached hydrogen (secondary N) is 1. The summed E-state index contributed by atoms with van der Waals surface area (Å²) in [5.74, 6) is -4.36. The molecule has 0 saturated carbocycles. The van der Waals surface area contributed by atoms with Crippen molar-refractivity contribution in [3.63, 3.8) is 0 Å². The van der Waals surface area contributed by atoms with Crippen LogP contribution in [0.2, 0.25) is 0 Å². The summed E-state index contributed by atoms with van der Waals surface area (Å²) in [6, 6.07) is 0.613. The Balaban J connectivity index is 2.06. The molecule has 0 aromatic heterocycles. The zero-order valence-electron chi connectivity index (χ0n) is 11.4. The molecule has 2 rings (SSSR count). The summed E-state index contributed by atoms with van der Waals surface area (Å²) in [5, 5.41) is 2.42. The fourth-order valence-corrected chi connectivity index (χ4v) is 2.94. The Hall–Kier alpha value is -1.70. The zero-order chi connectivity index (χ0) is 15.7. The lowest BCUT2D eigenvalue weighted by molar-refractivity contribution is -0.120. The molecule has 1 heterocycles. The quantitative estimate of drug-likeness (QED) is 0.836. The van der Waals surface area contributed by atoms with Crippen LogP contribution in [-0.2, 0) is 11.3 Å². The lowest BCUT2D eigenvalue weighted by Gasteiger charge is -2.14. The summed E-state index contributed by atoms with van der Waals surface area (Å²) in [5.41, 5.74) is 5.69. The maximum atomic E-state index is 13.4. The van der Waals surface area contributed by atoms with Gasteiger partial charge in [0.2, 0.25) is 5.91 Å². The van der Waals surface area contributed by atoms with E-state index in [9.17, 15) is 18.0 Å². The average molecular weight is 317 g/mol. The van der Waals surface area contributed by atoms with Crippen molar-refractivity contribution in [2.75, 3.05) is 0 Å². The second-order valence-corrected chi connectivity index (χ2v) is 5.90. The van der Waals surface area contributed by atoms with Crippen LogP contribution < -0.4 is 11.1 Å². The van der Waals surface area contributed by atoms with Crippen molar-refractivity contribution < 1.29 is 18.0 Å². The van der Waals surface area contributed by atoms with Gasteiger partial charge in [-0.1, -0.05) is 11.8 Å². The molecule has 1 aromatic rings. The SMILES string of the molecule is Cc1c(CNC(=O)C2SC(N)=NC2C)cc(F)c(F)c1F. The molecule has 1 amide bonds. The van der Waals surface area contributed by atoms with Gasteiger partial charge >= 0.3 is 0 Å². The molecule has 114 valence electrons. The number of nitrogens with zero attached hydrogens (tertiary/aromatic N) is 1. The van der Waals surface area contributed by atoms with Gasteiger partial charge in [0.05, 0.1) is 6.04 Å². The maximum Gasteiger partial charge on any atom is 0.236 e. The highest BCUT2D eigenvalue weighted by atomic mass is 32.2. The number of rotatable bonds is 3. The summed E-state index contributed by atoms with van der Waals surface area (Å²) >= 11 is 1.14. The Morgan fingerprint density at radius 1 is 1.43 bits per heavy atom. The molecule has 0 spiro atoms. The molecule has 8 heteroatoms. The van der Waals surface area contributed by atoms with E-state index in [1.165, 1.54) is 6.92 Å². The van der Waals surface area contributed by atoms with Crippen LogP contribution in [0, 0.1) is 24.4 Å². The second-order valence-electron chi connectivity index (χ2n) is 4.73. The van der Waals surface area contributed by atoms with Crippen molar-refractivity contribution >= 4 is 22.8 Å². The van der Waals surface area contributed by atoms with Crippen molar-refractivity contribution in [1.82, 2.24) is 5.32 Å². The van der Waals surface area contributed by atoms with E-state index < -0.39 is 22.7 Å². The number of thioether (sulfide) groups is 1. The summed E-state index contributed by atoms with van der Waals surface area (Å²) in [4.78, 5) is 16.0. The number of aliphatic imine (C=N–C) groups is 1. The van der Waals surface area contributed by atoms with Gasteiger partial charge in [0, 0.05) is 6.54 Å². The topological polar surface area (TPSA) is 67.5 Å². The van der Waals surface area contributed by atoms with Crippen LogP contribution in [-0.4, -0.2) is 22.4 Å². The zero-order valence-corrected chi connectivity index (χ0v) is 12.2. The number of carbonyl (C=O) groups is 1. The highest BCUT2D eigenvalue weighted by molar-refractivity contribution is 8.15. The molecule has 3 N–H and O–H groups in total. The second kappa shape index (κ2) is 5.97. The smallest absolute Gasteiger partial charge is 0.236 e. The number of nitrogens with two attached hydrogens (primary N) is 1. The molecule has 1 aromatic carbocycles. The van der Waals surface area contributed by atoms with Gasteiger partial charge in [-0.15, -0.1) is 0 Å². The Labute approximate surface area is 124 Å². The highest BCUT2D eigenvalue weighted by Crippen LogP contribution is 2.25. The van der Waals surface area contributed by atoms with Gasteiger partial charge in [-0.25, -0.2) is 13.2 Å². The van der Waals surface area contributed by atoms with Crippen LogP contribution in [0.25, 0.3) is 0 Å². The van der Waals surface area contributed by atoms with Crippen molar-refractivity contribution in [3.8, 4) is 0 Å². The van der Waals surface area contributed by atoms with E-state index in [2.05, 4.69) is 10.3 Å². The van der Waals surface area contributed by atoms with Crippen LogP contribution in [0.4, 0.5) is 13.2 Å². The first kappa shape index (κ1) is 15.7. The largest absolute Gasteiger partial charge is 0.379 e. The fourth-order valence-electron chi connectivity index (χ4n) is 2.00. The monoisotopic (exact) mass is 317 g/mol. The number of hydrogen-bond donors (Lipinski definition) is 2.